The van der Waals surface area contributed by atoms with Crippen LogP contribution < -0.4 is 0 Å². The summed E-state index contributed by atoms with van der Waals surface area (Å²) in [7, 11) is 0. The predicted octanol–water partition coefficient (Wildman–Crippen LogP) is 1.95. The van der Waals surface area contributed by atoms with E-state index in [2.05, 4.69) is 6.92 Å². The fraction of sp³-hybridized carbons (Fsp3) is 1.00. The summed E-state index contributed by atoms with van der Waals surface area (Å²) >= 11 is 1.45. The second-order valence-corrected chi connectivity index (χ2v) is 2.79. The Morgan fingerprint density at radius 3 is 1.71 bits per heavy atom. The summed E-state index contributed by atoms with van der Waals surface area (Å²) in [6, 6.07) is 0. The molecule has 0 rings (SSSR count). The molecular weight excluding hydrogens is 238 g/mol. The third-order valence-corrected chi connectivity index (χ3v) is 1.72. The first kappa shape index (κ1) is 15.8. The van der Waals surface area contributed by atoms with Gasteiger partial charge in [0, 0.05) is 0 Å². The normalized spacial score (nSPS) is 6.00. The average Bonchev–Trinajstić information content (AvgIpc) is 1.41. The first-order valence-corrected chi connectivity index (χ1v) is 4.45. The van der Waals surface area contributed by atoms with E-state index in [0.29, 0.717) is 0 Å². The van der Waals surface area contributed by atoms with Gasteiger partial charge in [0.15, 0.2) is 0 Å². The molecule has 0 fully saturated rings. The smallest absolute Gasteiger partial charge is 0.147 e. The SMILES string of the molecule is CCC[CH2][SnH].Cl.Cl. The molecule has 0 aromatic heterocycles. The van der Waals surface area contributed by atoms with Gasteiger partial charge >= 0.3 is 46.7 Å². The van der Waals surface area contributed by atoms with Crippen LogP contribution in [0.15, 0.2) is 0 Å². The van der Waals surface area contributed by atoms with E-state index < -0.39 is 0 Å². The molecule has 0 amide bonds. The fourth-order valence-electron chi connectivity index (χ4n) is 0.204. The van der Waals surface area contributed by atoms with E-state index in [1.807, 2.05) is 0 Å². The molecule has 0 aliphatic rings. The minimum atomic E-state index is 0. The number of hydrogen-bond donors (Lipinski definition) is 0. The zero-order valence-corrected chi connectivity index (χ0v) is 9.44. The maximum absolute atomic E-state index is 2.23. The van der Waals surface area contributed by atoms with Gasteiger partial charge in [0.05, 0.1) is 0 Å². The van der Waals surface area contributed by atoms with Crippen molar-refractivity contribution in [3.05, 3.63) is 0 Å². The molecular formula is C4H12Cl2Sn. The number of rotatable bonds is 2. The summed E-state index contributed by atoms with van der Waals surface area (Å²) in [4.78, 5) is 0. The fourth-order valence-corrected chi connectivity index (χ4v) is 1.37. The Labute approximate surface area is 71.3 Å². The van der Waals surface area contributed by atoms with Crippen molar-refractivity contribution in [2.45, 2.75) is 24.2 Å². The topological polar surface area (TPSA) is 0 Å². The molecule has 0 saturated heterocycles. The molecule has 0 aromatic carbocycles. The first-order valence-electron chi connectivity index (χ1n) is 2.12. The second-order valence-electron chi connectivity index (χ2n) is 1.14. The Bertz CT molecular complexity index is 17.2. The zero-order valence-electron chi connectivity index (χ0n) is 4.52. The van der Waals surface area contributed by atoms with Crippen LogP contribution in [-0.4, -0.2) is 22.5 Å². The van der Waals surface area contributed by atoms with Crippen molar-refractivity contribution < 1.29 is 0 Å². The molecule has 0 saturated carbocycles. The van der Waals surface area contributed by atoms with Gasteiger partial charge in [0.25, 0.3) is 0 Å². The van der Waals surface area contributed by atoms with Crippen molar-refractivity contribution in [1.29, 1.82) is 0 Å². The Balaban J connectivity index is -0.0000000800. The minimum Gasteiger partial charge on any atom is -0.147 e. The molecule has 2 radical (unpaired) electrons. The van der Waals surface area contributed by atoms with Crippen LogP contribution in [0.1, 0.15) is 19.8 Å². The van der Waals surface area contributed by atoms with Crippen LogP contribution in [0, 0.1) is 0 Å². The third kappa shape index (κ3) is 18.7. The van der Waals surface area contributed by atoms with Crippen LogP contribution in [0.2, 0.25) is 4.44 Å². The molecule has 0 heterocycles. The molecule has 0 N–H and O–H groups in total. The van der Waals surface area contributed by atoms with E-state index in [-0.39, 0.29) is 24.8 Å². The summed E-state index contributed by atoms with van der Waals surface area (Å²) in [5, 5.41) is 0. The Hall–Kier alpha value is 1.38. The van der Waals surface area contributed by atoms with E-state index in [9.17, 15) is 0 Å². The molecule has 3 heteroatoms. The number of halogens is 2. The van der Waals surface area contributed by atoms with Crippen LogP contribution in [0.25, 0.3) is 0 Å². The molecule has 46 valence electrons. The maximum atomic E-state index is 2.23. The molecule has 0 atom stereocenters. The maximum Gasteiger partial charge on any atom is -0.147 e. The van der Waals surface area contributed by atoms with Crippen LogP contribution in [0.4, 0.5) is 0 Å². The van der Waals surface area contributed by atoms with Gasteiger partial charge in [-0.1, -0.05) is 0 Å². The Morgan fingerprint density at radius 1 is 1.29 bits per heavy atom. The molecule has 0 aromatic rings. The Kier molecular flexibility index (Phi) is 35.3. The van der Waals surface area contributed by atoms with Crippen LogP contribution in [-0.2, 0) is 0 Å². The van der Waals surface area contributed by atoms with E-state index in [1.54, 1.807) is 0 Å². The van der Waals surface area contributed by atoms with Crippen molar-refractivity contribution in [3.63, 3.8) is 0 Å². The van der Waals surface area contributed by atoms with Crippen LogP contribution in [0.3, 0.4) is 0 Å². The van der Waals surface area contributed by atoms with Crippen molar-refractivity contribution in [2.75, 3.05) is 0 Å². The number of unbranched alkanes of at least 4 members (excludes halogenated alkanes) is 1. The van der Waals surface area contributed by atoms with Crippen molar-refractivity contribution >= 4 is 47.3 Å². The van der Waals surface area contributed by atoms with Gasteiger partial charge < -0.3 is 0 Å². The van der Waals surface area contributed by atoms with Gasteiger partial charge in [-0.2, -0.15) is 0 Å². The van der Waals surface area contributed by atoms with Gasteiger partial charge in [-0.25, -0.2) is 0 Å². The predicted molar refractivity (Wildman–Crippen MR) is 41.4 cm³/mol. The quantitative estimate of drug-likeness (QED) is 0.657. The summed E-state index contributed by atoms with van der Waals surface area (Å²) in [5.41, 5.74) is 0. The van der Waals surface area contributed by atoms with Crippen molar-refractivity contribution in [3.8, 4) is 0 Å². The molecule has 0 aliphatic heterocycles. The molecule has 0 unspecified atom stereocenters. The average molecular weight is 250 g/mol. The van der Waals surface area contributed by atoms with Gasteiger partial charge in [-0.15, -0.1) is 24.8 Å². The summed E-state index contributed by atoms with van der Waals surface area (Å²) < 4.78 is 1.47. The van der Waals surface area contributed by atoms with Gasteiger partial charge in [-0.3, -0.25) is 0 Å². The third-order valence-electron chi connectivity index (χ3n) is 0.558. The summed E-state index contributed by atoms with van der Waals surface area (Å²) in [6.07, 6.45) is 2.82. The molecule has 7 heavy (non-hydrogen) atoms. The van der Waals surface area contributed by atoms with Crippen molar-refractivity contribution in [2.24, 2.45) is 0 Å². The summed E-state index contributed by atoms with van der Waals surface area (Å²) in [5.74, 6) is 0. The van der Waals surface area contributed by atoms with Gasteiger partial charge in [0.2, 0.25) is 0 Å². The molecule has 0 nitrogen and oxygen atoms in total. The van der Waals surface area contributed by atoms with Crippen molar-refractivity contribution in [1.82, 2.24) is 0 Å². The van der Waals surface area contributed by atoms with Crippen LogP contribution >= 0.6 is 24.8 Å². The minimum absolute atomic E-state index is 0. The first-order chi connectivity index (χ1) is 2.41. The number of hydrogen-bond acceptors (Lipinski definition) is 0. The van der Waals surface area contributed by atoms with Gasteiger partial charge in [0.1, 0.15) is 0 Å². The van der Waals surface area contributed by atoms with E-state index in [0.717, 1.165) is 0 Å². The van der Waals surface area contributed by atoms with Gasteiger partial charge in [-0.05, 0) is 0 Å². The standard InChI is InChI=1S/C4H9.2ClH.Sn.H/c1-3-4-2;;;;/h1,3-4H2,2H3;2*1H;;. The Morgan fingerprint density at radius 2 is 1.71 bits per heavy atom. The van der Waals surface area contributed by atoms with E-state index in [4.69, 9.17) is 0 Å². The molecule has 0 bridgehead atoms. The van der Waals surface area contributed by atoms with E-state index >= 15 is 0 Å². The monoisotopic (exact) mass is 250 g/mol. The van der Waals surface area contributed by atoms with E-state index in [1.165, 1.54) is 39.8 Å². The summed E-state index contributed by atoms with van der Waals surface area (Å²) in [6.45, 7) is 2.23. The second kappa shape index (κ2) is 15.7. The molecule has 0 spiro atoms. The largest absolute Gasteiger partial charge is 0.147 e. The zero-order chi connectivity index (χ0) is 4.12. The van der Waals surface area contributed by atoms with Crippen LogP contribution in [0.5, 0.6) is 0 Å². The molecule has 0 aliphatic carbocycles.